The zero-order valence-corrected chi connectivity index (χ0v) is 13.8. The van der Waals surface area contributed by atoms with Crippen molar-refractivity contribution >= 4 is 41.6 Å². The van der Waals surface area contributed by atoms with Gasteiger partial charge in [0, 0.05) is 28.3 Å². The molecule has 112 valence electrons. The van der Waals surface area contributed by atoms with E-state index in [-0.39, 0.29) is 17.1 Å². The van der Waals surface area contributed by atoms with E-state index in [0.29, 0.717) is 0 Å². The number of nitrogens with one attached hydrogen (secondary N) is 1. The lowest BCUT2D eigenvalue weighted by molar-refractivity contribution is 0.0901. The minimum Gasteiger partial charge on any atom is -0.383 e. The molecule has 0 spiro atoms. The Morgan fingerprint density at radius 2 is 2.15 bits per heavy atom. The van der Waals surface area contributed by atoms with Crippen LogP contribution in [-0.2, 0) is 13.8 Å². The van der Waals surface area contributed by atoms with Gasteiger partial charge in [0.15, 0.2) is 5.82 Å². The van der Waals surface area contributed by atoms with Crippen molar-refractivity contribution in [2.75, 3.05) is 13.7 Å². The standard InChI is InChI=1S/C11H12BrClFNO4S/c1-6(5-19-2)15-11(16)8-3-7(12)4-9(10(8)14)20(13,17)18/h3-4,6H,5H2,1-2H3,(H,15,16). The summed E-state index contributed by atoms with van der Waals surface area (Å²) in [5.41, 5.74) is -0.415. The van der Waals surface area contributed by atoms with Gasteiger partial charge in [-0.25, -0.2) is 12.8 Å². The fraction of sp³-hybridized carbons (Fsp3) is 0.364. The Labute approximate surface area is 129 Å². The van der Waals surface area contributed by atoms with E-state index >= 15 is 0 Å². The SMILES string of the molecule is COCC(C)NC(=O)c1cc(Br)cc(S(=O)(=O)Cl)c1F. The number of ether oxygens (including phenoxy) is 1. The molecule has 1 unspecified atom stereocenters. The molecule has 1 amide bonds. The molecule has 0 fully saturated rings. The molecular weight excluding hydrogens is 377 g/mol. The second-order valence-corrected chi connectivity index (χ2v) is 7.48. The number of benzene rings is 1. The average molecular weight is 389 g/mol. The van der Waals surface area contributed by atoms with Gasteiger partial charge in [0.1, 0.15) is 4.90 Å². The molecule has 0 aliphatic heterocycles. The van der Waals surface area contributed by atoms with E-state index in [2.05, 4.69) is 21.2 Å². The highest BCUT2D eigenvalue weighted by Gasteiger charge is 2.24. The number of carbonyl (C=O) groups excluding carboxylic acids is 1. The molecule has 0 aromatic heterocycles. The third kappa shape index (κ3) is 4.41. The molecule has 20 heavy (non-hydrogen) atoms. The summed E-state index contributed by atoms with van der Waals surface area (Å²) in [6.07, 6.45) is 0. The predicted molar refractivity (Wildman–Crippen MR) is 75.9 cm³/mol. The molecule has 5 nitrogen and oxygen atoms in total. The quantitative estimate of drug-likeness (QED) is 0.786. The number of rotatable bonds is 5. The van der Waals surface area contributed by atoms with E-state index in [9.17, 15) is 17.6 Å². The molecule has 1 atom stereocenters. The van der Waals surface area contributed by atoms with Gasteiger partial charge >= 0.3 is 0 Å². The van der Waals surface area contributed by atoms with Gasteiger partial charge in [-0.15, -0.1) is 0 Å². The molecule has 0 saturated heterocycles. The van der Waals surface area contributed by atoms with Gasteiger partial charge in [0.2, 0.25) is 0 Å². The molecule has 0 saturated carbocycles. The van der Waals surface area contributed by atoms with Crippen molar-refractivity contribution in [2.24, 2.45) is 0 Å². The van der Waals surface area contributed by atoms with E-state index in [1.54, 1.807) is 6.92 Å². The molecule has 0 radical (unpaired) electrons. The van der Waals surface area contributed by atoms with Crippen molar-refractivity contribution in [1.29, 1.82) is 0 Å². The Hall–Kier alpha value is -0.700. The van der Waals surface area contributed by atoms with Gasteiger partial charge in [-0.2, -0.15) is 0 Å². The van der Waals surface area contributed by atoms with Crippen LogP contribution >= 0.6 is 26.6 Å². The normalized spacial score (nSPS) is 13.1. The minimum atomic E-state index is -4.29. The van der Waals surface area contributed by atoms with Gasteiger partial charge in [0.25, 0.3) is 15.0 Å². The van der Waals surface area contributed by atoms with Gasteiger partial charge in [-0.05, 0) is 19.1 Å². The molecule has 9 heteroatoms. The van der Waals surface area contributed by atoms with Crippen LogP contribution in [0.2, 0.25) is 0 Å². The van der Waals surface area contributed by atoms with Crippen LogP contribution in [0.15, 0.2) is 21.5 Å². The van der Waals surface area contributed by atoms with E-state index in [0.717, 1.165) is 6.07 Å². The number of carbonyl (C=O) groups is 1. The Balaban J connectivity index is 3.19. The summed E-state index contributed by atoms with van der Waals surface area (Å²) in [5, 5.41) is 2.48. The van der Waals surface area contributed by atoms with Crippen molar-refractivity contribution in [3.63, 3.8) is 0 Å². The van der Waals surface area contributed by atoms with E-state index in [1.807, 2.05) is 0 Å². The maximum Gasteiger partial charge on any atom is 0.264 e. The summed E-state index contributed by atoms with van der Waals surface area (Å²) < 4.78 is 41.6. The first-order valence-corrected chi connectivity index (χ1v) is 8.50. The average Bonchev–Trinajstić information content (AvgIpc) is 2.30. The summed E-state index contributed by atoms with van der Waals surface area (Å²) in [7, 11) is 2.30. The lowest BCUT2D eigenvalue weighted by Gasteiger charge is -2.14. The monoisotopic (exact) mass is 387 g/mol. The van der Waals surface area contributed by atoms with Gasteiger partial charge in [-0.1, -0.05) is 15.9 Å². The fourth-order valence-electron chi connectivity index (χ4n) is 1.50. The van der Waals surface area contributed by atoms with Crippen molar-refractivity contribution in [3.05, 3.63) is 28.0 Å². The molecule has 1 aromatic rings. The molecular formula is C11H12BrClFNO4S. The zero-order chi connectivity index (χ0) is 15.5. The van der Waals surface area contributed by atoms with Crippen LogP contribution < -0.4 is 5.32 Å². The van der Waals surface area contributed by atoms with Crippen molar-refractivity contribution in [3.8, 4) is 0 Å². The van der Waals surface area contributed by atoms with E-state index in [1.165, 1.54) is 13.2 Å². The highest BCUT2D eigenvalue weighted by molar-refractivity contribution is 9.10. The molecule has 0 aliphatic carbocycles. The maximum absolute atomic E-state index is 14.1. The van der Waals surface area contributed by atoms with Crippen LogP contribution in [0.4, 0.5) is 4.39 Å². The molecule has 1 rings (SSSR count). The van der Waals surface area contributed by atoms with Crippen molar-refractivity contribution in [1.82, 2.24) is 5.32 Å². The van der Waals surface area contributed by atoms with Gasteiger partial charge in [0.05, 0.1) is 12.2 Å². The first kappa shape index (κ1) is 17.4. The number of halogens is 3. The minimum absolute atomic E-state index is 0.225. The first-order chi connectivity index (χ1) is 9.16. The number of hydrogen-bond donors (Lipinski definition) is 1. The van der Waals surface area contributed by atoms with Gasteiger partial charge < -0.3 is 10.1 Å². The van der Waals surface area contributed by atoms with Crippen molar-refractivity contribution in [2.45, 2.75) is 17.9 Å². The van der Waals surface area contributed by atoms with Crippen LogP contribution in [0.25, 0.3) is 0 Å². The summed E-state index contributed by atoms with van der Waals surface area (Å²) in [5.74, 6) is -1.94. The van der Waals surface area contributed by atoms with Crippen LogP contribution in [0.3, 0.4) is 0 Å². The lowest BCUT2D eigenvalue weighted by atomic mass is 10.2. The van der Waals surface area contributed by atoms with E-state index < -0.39 is 31.2 Å². The Bertz CT molecular complexity index is 623. The second kappa shape index (κ2) is 6.84. The van der Waals surface area contributed by atoms with Crippen LogP contribution in [0, 0.1) is 5.82 Å². The summed E-state index contributed by atoms with van der Waals surface area (Å²) in [4.78, 5) is 11.2. The smallest absolute Gasteiger partial charge is 0.264 e. The number of methoxy groups -OCH3 is 1. The Morgan fingerprint density at radius 1 is 1.55 bits per heavy atom. The lowest BCUT2D eigenvalue weighted by Crippen LogP contribution is -2.36. The highest BCUT2D eigenvalue weighted by Crippen LogP contribution is 2.26. The van der Waals surface area contributed by atoms with E-state index in [4.69, 9.17) is 15.4 Å². The van der Waals surface area contributed by atoms with Crippen molar-refractivity contribution < 1.29 is 22.3 Å². The summed E-state index contributed by atoms with van der Waals surface area (Å²) in [6.45, 7) is 1.90. The Kier molecular flexibility index (Phi) is 5.93. The molecule has 0 aliphatic rings. The zero-order valence-electron chi connectivity index (χ0n) is 10.6. The fourth-order valence-corrected chi connectivity index (χ4v) is 3.04. The number of amides is 1. The molecule has 1 aromatic carbocycles. The van der Waals surface area contributed by atoms with Gasteiger partial charge in [-0.3, -0.25) is 4.79 Å². The third-order valence-corrected chi connectivity index (χ3v) is 4.08. The largest absolute Gasteiger partial charge is 0.383 e. The van der Waals surface area contributed by atoms with Crippen LogP contribution in [0.5, 0.6) is 0 Å². The highest BCUT2D eigenvalue weighted by atomic mass is 79.9. The maximum atomic E-state index is 14.1. The Morgan fingerprint density at radius 3 is 2.65 bits per heavy atom. The summed E-state index contributed by atoms with van der Waals surface area (Å²) >= 11 is 3.01. The topological polar surface area (TPSA) is 72.5 Å². The summed E-state index contributed by atoms with van der Waals surface area (Å²) in [6, 6.07) is 1.81. The molecule has 0 heterocycles. The van der Waals surface area contributed by atoms with Crippen LogP contribution in [-0.4, -0.2) is 34.1 Å². The second-order valence-electron chi connectivity index (χ2n) is 4.03. The molecule has 1 N–H and O–H groups in total. The number of hydrogen-bond acceptors (Lipinski definition) is 4. The van der Waals surface area contributed by atoms with Crippen LogP contribution in [0.1, 0.15) is 17.3 Å². The third-order valence-electron chi connectivity index (χ3n) is 2.31. The molecule has 0 bridgehead atoms. The predicted octanol–water partition coefficient (Wildman–Crippen LogP) is 2.28. The first-order valence-electron chi connectivity index (χ1n) is 5.40.